The van der Waals surface area contributed by atoms with Crippen molar-refractivity contribution in [2.75, 3.05) is 77.3 Å². The van der Waals surface area contributed by atoms with E-state index in [1.807, 2.05) is 0 Å². The zero-order chi connectivity index (χ0) is 50.6. The molecule has 2 fully saturated rings. The predicted octanol–water partition coefficient (Wildman–Crippen LogP) is 9.07. The van der Waals surface area contributed by atoms with Crippen molar-refractivity contribution in [1.29, 1.82) is 0 Å². The molecule has 2 saturated heterocycles. The number of esters is 2. The molecule has 0 amide bonds. The Hall–Kier alpha value is -6.55. The lowest BCUT2D eigenvalue weighted by atomic mass is 10.1. The average molecular weight is 1070 g/mol. The number of phenolic OH excluding ortho intramolecular Hbond substituents is 2. The third kappa shape index (κ3) is 14.5. The number of hydrogen-bond acceptors (Lipinski definition) is 18. The van der Waals surface area contributed by atoms with Gasteiger partial charge in [-0.3, -0.25) is 19.4 Å². The number of hydrogen-bond donors (Lipinski definition) is 4. The Morgan fingerprint density at radius 2 is 1.10 bits per heavy atom. The highest BCUT2D eigenvalue weighted by atomic mass is 79.9. The van der Waals surface area contributed by atoms with Crippen LogP contribution in [0.3, 0.4) is 0 Å². The highest BCUT2D eigenvalue weighted by molar-refractivity contribution is 9.10. The lowest BCUT2D eigenvalue weighted by molar-refractivity contribution is -0.149. The number of fused-ring (bicyclic) bond motifs is 2. The van der Waals surface area contributed by atoms with Crippen LogP contribution in [0.5, 0.6) is 34.5 Å². The van der Waals surface area contributed by atoms with Crippen LogP contribution in [-0.4, -0.2) is 131 Å². The molecule has 378 valence electrons. The summed E-state index contributed by atoms with van der Waals surface area (Å²) < 4.78 is 62.7. The molecule has 22 heteroatoms. The Labute approximate surface area is 421 Å². The Kier molecular flexibility index (Phi) is 18.1. The number of anilines is 4. The molecule has 4 aromatic carbocycles. The highest BCUT2D eigenvalue weighted by Gasteiger charge is 2.23. The molecule has 2 atom stereocenters. The van der Waals surface area contributed by atoms with Gasteiger partial charge >= 0.3 is 11.9 Å². The number of piperidine rings is 1. The first-order chi connectivity index (χ1) is 34.1. The zero-order valence-electron chi connectivity index (χ0n) is 39.5. The van der Waals surface area contributed by atoms with Crippen LogP contribution in [0.15, 0.2) is 65.4 Å². The van der Waals surface area contributed by atoms with Gasteiger partial charge in [0.05, 0.1) is 46.1 Å². The van der Waals surface area contributed by atoms with E-state index in [1.165, 1.54) is 40.6 Å². The maximum absolute atomic E-state index is 14.3. The molecule has 4 heterocycles. The van der Waals surface area contributed by atoms with E-state index in [9.17, 15) is 28.6 Å². The normalized spacial score (nSPS) is 14.8. The second-order valence-electron chi connectivity index (χ2n) is 16.8. The third-order valence-electron chi connectivity index (χ3n) is 11.4. The van der Waals surface area contributed by atoms with E-state index in [-0.39, 0.29) is 69.4 Å². The van der Waals surface area contributed by atoms with Crippen molar-refractivity contribution < 1.29 is 57.0 Å². The first-order valence-corrected chi connectivity index (χ1v) is 24.0. The minimum absolute atomic E-state index is 0.0248. The number of carbonyl (C=O) groups is 2. The third-order valence-corrected chi connectivity index (χ3v) is 12.3. The van der Waals surface area contributed by atoms with Gasteiger partial charge in [0.25, 0.3) is 0 Å². The molecule has 0 bridgehead atoms. The number of nitrogens with zero attached hydrogens (tertiary/aromatic N) is 6. The number of likely N-dealkylation sites (tertiary alicyclic amines) is 2. The molecule has 8 rings (SSSR count). The van der Waals surface area contributed by atoms with Crippen molar-refractivity contribution in [2.24, 2.45) is 0 Å². The van der Waals surface area contributed by atoms with Gasteiger partial charge in [0.15, 0.2) is 23.0 Å². The van der Waals surface area contributed by atoms with Crippen molar-refractivity contribution in [3.8, 4) is 34.5 Å². The number of rotatable bonds is 18. The molecular formula is C49H54BrClF2N8O10. The molecule has 0 saturated carbocycles. The summed E-state index contributed by atoms with van der Waals surface area (Å²) in [5, 5.41) is 26.4. The number of halogens is 4. The van der Waals surface area contributed by atoms with Crippen LogP contribution in [-0.2, 0) is 19.1 Å². The Morgan fingerprint density at radius 3 is 1.55 bits per heavy atom. The largest absolute Gasteiger partial charge is 0.507 e. The van der Waals surface area contributed by atoms with E-state index >= 15 is 0 Å². The fraction of sp³-hybridized carbons (Fsp3) is 0.388. The van der Waals surface area contributed by atoms with E-state index in [2.05, 4.69) is 56.3 Å². The fourth-order valence-corrected chi connectivity index (χ4v) is 8.48. The Balaban J connectivity index is 0.000000209. The summed E-state index contributed by atoms with van der Waals surface area (Å²) in [6.07, 6.45) is 7.99. The van der Waals surface area contributed by atoms with Gasteiger partial charge in [-0.05, 0) is 92.1 Å². The van der Waals surface area contributed by atoms with E-state index in [4.69, 9.17) is 40.0 Å². The maximum Gasteiger partial charge on any atom is 0.303 e. The van der Waals surface area contributed by atoms with Crippen molar-refractivity contribution in [3.63, 3.8) is 0 Å². The molecule has 6 aromatic rings. The van der Waals surface area contributed by atoms with E-state index in [0.717, 1.165) is 70.1 Å². The van der Waals surface area contributed by atoms with E-state index in [1.54, 1.807) is 36.7 Å². The molecule has 0 aliphatic carbocycles. The van der Waals surface area contributed by atoms with Gasteiger partial charge in [-0.1, -0.05) is 18.0 Å². The summed E-state index contributed by atoms with van der Waals surface area (Å²) in [6.45, 7) is 8.12. The zero-order valence-corrected chi connectivity index (χ0v) is 41.8. The van der Waals surface area contributed by atoms with Crippen molar-refractivity contribution in [1.82, 2.24) is 29.7 Å². The van der Waals surface area contributed by atoms with Crippen LogP contribution in [0.25, 0.3) is 21.8 Å². The minimum atomic E-state index is -0.662. The summed E-state index contributed by atoms with van der Waals surface area (Å²) in [6, 6.07) is 11.4. The lowest BCUT2D eigenvalue weighted by Gasteiger charge is -2.30. The molecular weight excluding hydrogens is 1010 g/mol. The van der Waals surface area contributed by atoms with Gasteiger partial charge < -0.3 is 49.3 Å². The molecule has 2 aromatic heterocycles. The second kappa shape index (κ2) is 24.5. The molecule has 4 N–H and O–H groups in total. The monoisotopic (exact) mass is 1070 g/mol. The number of aromatic nitrogens is 4. The highest BCUT2D eigenvalue weighted by Crippen LogP contribution is 2.36. The summed E-state index contributed by atoms with van der Waals surface area (Å²) in [5.74, 6) is -0.307. The number of phenols is 2. The van der Waals surface area contributed by atoms with Crippen LogP contribution >= 0.6 is 27.5 Å². The number of carbonyl (C=O) groups excluding carboxylic acids is 2. The van der Waals surface area contributed by atoms with Crippen LogP contribution in [0, 0.1) is 11.6 Å². The summed E-state index contributed by atoms with van der Waals surface area (Å²) >= 11 is 8.82. The van der Waals surface area contributed by atoms with Gasteiger partial charge in [-0.25, -0.2) is 28.7 Å². The SMILES string of the molecule is COc1cc2cnc(Nc3cc(O)c(Br)cc3F)nc2cc1OCC(CN1CCCC1)OC(C)=O.COc1cc2cnc(Nc3cc(O)c(Cl)cc3F)nc2cc1OCC(CN1CCCCC1)OC(C)=O. The summed E-state index contributed by atoms with van der Waals surface area (Å²) in [4.78, 5) is 45.1. The summed E-state index contributed by atoms with van der Waals surface area (Å²) in [7, 11) is 3.05. The topological polar surface area (TPSA) is 212 Å². The Morgan fingerprint density at radius 1 is 0.662 bits per heavy atom. The first kappa shape index (κ1) is 52.3. The molecule has 2 unspecified atom stereocenters. The van der Waals surface area contributed by atoms with Gasteiger partial charge in [0, 0.05) is 74.4 Å². The average Bonchev–Trinajstić information content (AvgIpc) is 3.86. The van der Waals surface area contributed by atoms with E-state index < -0.39 is 23.8 Å². The fourth-order valence-electron chi connectivity index (χ4n) is 8.02. The molecule has 0 spiro atoms. The number of methoxy groups -OCH3 is 2. The molecule has 71 heavy (non-hydrogen) atoms. The predicted molar refractivity (Wildman–Crippen MR) is 266 cm³/mol. The Bertz CT molecular complexity index is 2840. The van der Waals surface area contributed by atoms with Gasteiger partial charge in [-0.15, -0.1) is 0 Å². The van der Waals surface area contributed by atoms with Crippen molar-refractivity contribution >= 4 is 84.5 Å². The van der Waals surface area contributed by atoms with Crippen LogP contribution in [0.1, 0.15) is 46.0 Å². The van der Waals surface area contributed by atoms with Crippen LogP contribution < -0.4 is 29.6 Å². The van der Waals surface area contributed by atoms with Gasteiger partial charge in [0.1, 0.15) is 48.6 Å². The van der Waals surface area contributed by atoms with Gasteiger partial charge in [0.2, 0.25) is 11.9 Å². The van der Waals surface area contributed by atoms with Gasteiger partial charge in [-0.2, -0.15) is 0 Å². The maximum atomic E-state index is 14.3. The second-order valence-corrected chi connectivity index (χ2v) is 18.0. The van der Waals surface area contributed by atoms with E-state index in [0.29, 0.717) is 57.9 Å². The molecule has 0 radical (unpaired) electrons. The first-order valence-electron chi connectivity index (χ1n) is 22.8. The molecule has 2 aliphatic rings. The number of benzene rings is 4. The summed E-state index contributed by atoms with van der Waals surface area (Å²) in [5.41, 5.74) is 1.05. The van der Waals surface area contributed by atoms with Crippen LogP contribution in [0.2, 0.25) is 5.02 Å². The quantitative estimate of drug-likeness (QED) is 0.0591. The van der Waals surface area contributed by atoms with Crippen molar-refractivity contribution in [2.45, 2.75) is 58.2 Å². The number of ether oxygens (including phenoxy) is 6. The molecule has 2 aliphatic heterocycles. The molecule has 18 nitrogen and oxygen atoms in total. The standard InChI is InChI=1S/C25H28ClFN4O5.C24H26BrFN4O5/c1-15(32)36-17(13-31-6-4-3-5-7-31)14-35-24-11-20-16(8-23(24)34-2)12-28-25(29-20)30-21-10-22(33)18(26)9-19(21)27;1-14(31)35-16(12-30-5-3-4-6-30)13-34-23-10-19-15(7-22(23)33-2)11-27-24(28-19)29-20-9-21(32)17(25)8-18(20)26/h8-12,17,33H,3-7,13-14H2,1-2H3,(H,28,29,30);7-11,16,32H,3-6,12-13H2,1-2H3,(H,27,28,29). The van der Waals surface area contributed by atoms with Crippen LogP contribution in [0.4, 0.5) is 32.1 Å². The number of nitrogens with one attached hydrogen (secondary N) is 2. The smallest absolute Gasteiger partial charge is 0.303 e. The number of aromatic hydroxyl groups is 2. The van der Waals surface area contributed by atoms with Crippen molar-refractivity contribution in [3.05, 3.63) is 82.1 Å². The lowest BCUT2D eigenvalue weighted by Crippen LogP contribution is -2.40. The minimum Gasteiger partial charge on any atom is -0.507 e.